The maximum absolute atomic E-state index is 9.63. The summed E-state index contributed by atoms with van der Waals surface area (Å²) in [5.74, 6) is 0. The van der Waals surface area contributed by atoms with E-state index >= 15 is 0 Å². The van der Waals surface area contributed by atoms with Gasteiger partial charge in [-0.1, -0.05) is 23.7 Å². The average Bonchev–Trinajstić information content (AvgIpc) is 2.85. The van der Waals surface area contributed by atoms with Crippen molar-refractivity contribution in [1.82, 2.24) is 0 Å². The standard InChI is InChI=1S/C15H12ClIN2OS/c16-11-3-1-10(2-4-11)13-12(9-18)15(21-14(13)17)19-5-7-20-8-6-19/h1-4H,5-8H2. The van der Waals surface area contributed by atoms with Crippen LogP contribution in [0.1, 0.15) is 5.56 Å². The Bertz CT molecular complexity index is 687. The quantitative estimate of drug-likeness (QED) is 0.663. The van der Waals surface area contributed by atoms with E-state index in [2.05, 4.69) is 33.6 Å². The molecule has 3 nitrogen and oxygen atoms in total. The van der Waals surface area contributed by atoms with Crippen molar-refractivity contribution in [2.45, 2.75) is 0 Å². The van der Waals surface area contributed by atoms with Gasteiger partial charge in [-0.05, 0) is 40.3 Å². The fraction of sp³-hybridized carbons (Fsp3) is 0.267. The molecule has 108 valence electrons. The van der Waals surface area contributed by atoms with Gasteiger partial charge in [0.25, 0.3) is 0 Å². The van der Waals surface area contributed by atoms with Gasteiger partial charge in [-0.15, -0.1) is 11.3 Å². The van der Waals surface area contributed by atoms with Crippen LogP contribution in [-0.2, 0) is 4.74 Å². The maximum atomic E-state index is 9.63. The van der Waals surface area contributed by atoms with Gasteiger partial charge in [-0.2, -0.15) is 5.26 Å². The van der Waals surface area contributed by atoms with Crippen molar-refractivity contribution in [3.05, 3.63) is 37.7 Å². The molecule has 1 aliphatic rings. The Labute approximate surface area is 146 Å². The zero-order chi connectivity index (χ0) is 14.8. The van der Waals surface area contributed by atoms with Crippen LogP contribution in [0.2, 0.25) is 5.02 Å². The number of nitriles is 1. The summed E-state index contributed by atoms with van der Waals surface area (Å²) in [5.41, 5.74) is 2.81. The van der Waals surface area contributed by atoms with E-state index in [1.165, 1.54) is 0 Å². The fourth-order valence-corrected chi connectivity index (χ4v) is 4.75. The molecule has 1 aliphatic heterocycles. The van der Waals surface area contributed by atoms with Crippen LogP contribution in [0.4, 0.5) is 5.00 Å². The number of halogens is 2. The Morgan fingerprint density at radius 1 is 1.24 bits per heavy atom. The summed E-state index contributed by atoms with van der Waals surface area (Å²) >= 11 is 9.94. The maximum Gasteiger partial charge on any atom is 0.111 e. The van der Waals surface area contributed by atoms with E-state index in [-0.39, 0.29) is 0 Å². The molecule has 0 atom stereocenters. The summed E-state index contributed by atoms with van der Waals surface area (Å²) in [6.07, 6.45) is 0. The van der Waals surface area contributed by atoms with Gasteiger partial charge in [0.1, 0.15) is 11.1 Å². The van der Waals surface area contributed by atoms with Gasteiger partial charge in [0.05, 0.1) is 21.7 Å². The van der Waals surface area contributed by atoms with E-state index in [1.54, 1.807) is 11.3 Å². The normalized spacial score (nSPS) is 15.0. The highest BCUT2D eigenvalue weighted by molar-refractivity contribution is 14.1. The Morgan fingerprint density at radius 2 is 1.90 bits per heavy atom. The fourth-order valence-electron chi connectivity index (χ4n) is 2.36. The van der Waals surface area contributed by atoms with Crippen molar-refractivity contribution in [2.75, 3.05) is 31.2 Å². The zero-order valence-corrected chi connectivity index (χ0v) is 14.8. The molecule has 3 rings (SSSR count). The van der Waals surface area contributed by atoms with Gasteiger partial charge in [0.15, 0.2) is 0 Å². The highest BCUT2D eigenvalue weighted by Crippen LogP contribution is 2.42. The number of rotatable bonds is 2. The van der Waals surface area contributed by atoms with E-state index in [9.17, 15) is 5.26 Å². The number of hydrogen-bond acceptors (Lipinski definition) is 4. The molecule has 0 N–H and O–H groups in total. The number of anilines is 1. The van der Waals surface area contributed by atoms with Crippen LogP contribution in [-0.4, -0.2) is 26.3 Å². The third kappa shape index (κ3) is 3.04. The van der Waals surface area contributed by atoms with Crippen LogP contribution in [0.5, 0.6) is 0 Å². The van der Waals surface area contributed by atoms with Crippen molar-refractivity contribution in [3.8, 4) is 17.2 Å². The average molecular weight is 431 g/mol. The second-order valence-electron chi connectivity index (χ2n) is 4.65. The van der Waals surface area contributed by atoms with Crippen molar-refractivity contribution in [3.63, 3.8) is 0 Å². The largest absolute Gasteiger partial charge is 0.378 e. The topological polar surface area (TPSA) is 36.3 Å². The Hall–Kier alpha value is -0.810. The first-order chi connectivity index (χ1) is 10.2. The number of nitrogens with zero attached hydrogens (tertiary/aromatic N) is 2. The number of hydrogen-bond donors (Lipinski definition) is 0. The van der Waals surface area contributed by atoms with Crippen LogP contribution in [0.3, 0.4) is 0 Å². The van der Waals surface area contributed by atoms with Crippen molar-refractivity contribution in [2.24, 2.45) is 0 Å². The third-order valence-corrected chi connectivity index (χ3v) is 5.88. The summed E-state index contributed by atoms with van der Waals surface area (Å²) in [6.45, 7) is 3.11. The molecule has 1 aromatic carbocycles. The second kappa shape index (κ2) is 6.53. The molecule has 0 amide bonds. The summed E-state index contributed by atoms with van der Waals surface area (Å²) in [6, 6.07) is 10.0. The van der Waals surface area contributed by atoms with E-state index in [1.807, 2.05) is 24.3 Å². The first-order valence-electron chi connectivity index (χ1n) is 6.51. The SMILES string of the molecule is N#Cc1c(N2CCOCC2)sc(I)c1-c1ccc(Cl)cc1. The summed E-state index contributed by atoms with van der Waals surface area (Å²) < 4.78 is 6.53. The molecule has 1 aromatic heterocycles. The minimum absolute atomic E-state index is 0.705. The first-order valence-corrected chi connectivity index (χ1v) is 8.79. The number of thiophene rings is 1. The second-order valence-corrected chi connectivity index (χ2v) is 7.90. The summed E-state index contributed by atoms with van der Waals surface area (Å²) in [5, 5.41) is 11.4. The summed E-state index contributed by atoms with van der Waals surface area (Å²) in [7, 11) is 0. The highest BCUT2D eigenvalue weighted by Gasteiger charge is 2.23. The summed E-state index contributed by atoms with van der Waals surface area (Å²) in [4.78, 5) is 2.24. The van der Waals surface area contributed by atoms with Crippen molar-refractivity contribution < 1.29 is 4.74 Å². The molecule has 6 heteroatoms. The van der Waals surface area contributed by atoms with Crippen LogP contribution >= 0.6 is 45.5 Å². The smallest absolute Gasteiger partial charge is 0.111 e. The lowest BCUT2D eigenvalue weighted by atomic mass is 10.0. The van der Waals surface area contributed by atoms with E-state index in [4.69, 9.17) is 16.3 Å². The zero-order valence-electron chi connectivity index (χ0n) is 11.1. The van der Waals surface area contributed by atoms with Crippen LogP contribution < -0.4 is 4.90 Å². The molecule has 0 bridgehead atoms. The molecule has 0 saturated carbocycles. The first kappa shape index (κ1) is 15.1. The molecule has 0 spiro atoms. The van der Waals surface area contributed by atoms with Gasteiger partial charge < -0.3 is 9.64 Å². The van der Waals surface area contributed by atoms with Crippen LogP contribution in [0.25, 0.3) is 11.1 Å². The van der Waals surface area contributed by atoms with Crippen LogP contribution in [0.15, 0.2) is 24.3 Å². The Kier molecular flexibility index (Phi) is 4.69. The molecule has 21 heavy (non-hydrogen) atoms. The Balaban J connectivity index is 2.07. The number of ether oxygens (including phenoxy) is 1. The lowest BCUT2D eigenvalue weighted by molar-refractivity contribution is 0.123. The van der Waals surface area contributed by atoms with Gasteiger partial charge in [-0.25, -0.2) is 0 Å². The molecule has 1 fully saturated rings. The third-order valence-electron chi connectivity index (χ3n) is 3.39. The predicted molar refractivity (Wildman–Crippen MR) is 95.2 cm³/mol. The lowest BCUT2D eigenvalue weighted by Crippen LogP contribution is -2.36. The van der Waals surface area contributed by atoms with Gasteiger partial charge in [0.2, 0.25) is 0 Å². The minimum Gasteiger partial charge on any atom is -0.378 e. The van der Waals surface area contributed by atoms with Crippen LogP contribution in [0, 0.1) is 14.2 Å². The molecule has 0 unspecified atom stereocenters. The molecular formula is C15H12ClIN2OS. The number of morpholine rings is 1. The number of benzene rings is 1. The van der Waals surface area contributed by atoms with Crippen molar-refractivity contribution in [1.29, 1.82) is 5.26 Å². The monoisotopic (exact) mass is 430 g/mol. The molecule has 2 aromatic rings. The van der Waals surface area contributed by atoms with E-state index in [0.717, 1.165) is 50.9 Å². The van der Waals surface area contributed by atoms with Crippen molar-refractivity contribution >= 4 is 50.5 Å². The van der Waals surface area contributed by atoms with Gasteiger partial charge in [0, 0.05) is 23.7 Å². The molecule has 2 heterocycles. The molecular weight excluding hydrogens is 419 g/mol. The molecule has 0 aliphatic carbocycles. The lowest BCUT2D eigenvalue weighted by Gasteiger charge is -2.27. The predicted octanol–water partition coefficient (Wildman–Crippen LogP) is 4.38. The van der Waals surface area contributed by atoms with E-state index in [0.29, 0.717) is 5.02 Å². The molecule has 0 radical (unpaired) electrons. The molecule has 1 saturated heterocycles. The van der Waals surface area contributed by atoms with E-state index < -0.39 is 0 Å². The minimum atomic E-state index is 0.705. The van der Waals surface area contributed by atoms with Gasteiger partial charge >= 0.3 is 0 Å². The highest BCUT2D eigenvalue weighted by atomic mass is 127. The van der Waals surface area contributed by atoms with Gasteiger partial charge in [-0.3, -0.25) is 0 Å². The Morgan fingerprint density at radius 3 is 2.52 bits per heavy atom.